The van der Waals surface area contributed by atoms with E-state index in [1.165, 1.54) is 16.4 Å². The van der Waals surface area contributed by atoms with Gasteiger partial charge in [-0.05, 0) is 48.9 Å². The number of amides is 1. The van der Waals surface area contributed by atoms with Gasteiger partial charge in [-0.1, -0.05) is 12.1 Å². The van der Waals surface area contributed by atoms with E-state index in [0.29, 0.717) is 13.1 Å². The van der Waals surface area contributed by atoms with Crippen LogP contribution in [0.15, 0.2) is 53.4 Å². The number of aryl methyl sites for hydroxylation is 1. The number of benzene rings is 2. The molecule has 0 aromatic heterocycles. The highest BCUT2D eigenvalue weighted by Gasteiger charge is 2.29. The molecule has 1 aliphatic heterocycles. The Bertz CT molecular complexity index is 923. The number of carbonyl (C=O) groups is 1. The van der Waals surface area contributed by atoms with Gasteiger partial charge in [-0.2, -0.15) is 4.31 Å². The summed E-state index contributed by atoms with van der Waals surface area (Å²) in [5.41, 5.74) is 1.09. The maximum absolute atomic E-state index is 13.0. The molecule has 1 amide bonds. The maximum atomic E-state index is 13.0. The van der Waals surface area contributed by atoms with E-state index >= 15 is 0 Å². The molecular formula is C20H23FN2O4S. The lowest BCUT2D eigenvalue weighted by atomic mass is 10.2. The molecule has 0 N–H and O–H groups in total. The van der Waals surface area contributed by atoms with Crippen LogP contribution in [0.3, 0.4) is 0 Å². The molecule has 0 radical (unpaired) electrons. The van der Waals surface area contributed by atoms with Crippen LogP contribution in [0.1, 0.15) is 12.0 Å². The van der Waals surface area contributed by atoms with E-state index in [9.17, 15) is 17.6 Å². The maximum Gasteiger partial charge on any atom is 0.243 e. The average molecular weight is 406 g/mol. The Morgan fingerprint density at radius 2 is 1.75 bits per heavy atom. The predicted octanol–water partition coefficient (Wildman–Crippen LogP) is 2.44. The quantitative estimate of drug-likeness (QED) is 0.739. The fourth-order valence-electron chi connectivity index (χ4n) is 3.05. The van der Waals surface area contributed by atoms with Gasteiger partial charge in [0.2, 0.25) is 15.9 Å². The first-order chi connectivity index (χ1) is 13.4. The number of hydrogen-bond acceptors (Lipinski definition) is 4. The Hall–Kier alpha value is -2.45. The molecule has 0 unspecified atom stereocenters. The number of hydrogen-bond donors (Lipinski definition) is 0. The highest BCUT2D eigenvalue weighted by molar-refractivity contribution is 7.89. The topological polar surface area (TPSA) is 66.9 Å². The summed E-state index contributed by atoms with van der Waals surface area (Å²) in [5, 5.41) is 0. The molecule has 1 fully saturated rings. The molecule has 0 spiro atoms. The Balaban J connectivity index is 1.49. The summed E-state index contributed by atoms with van der Waals surface area (Å²) in [6, 6.07) is 12.4. The number of nitrogens with zero attached hydrogens (tertiary/aromatic N) is 2. The van der Waals surface area contributed by atoms with E-state index in [1.54, 1.807) is 4.90 Å². The van der Waals surface area contributed by atoms with Gasteiger partial charge >= 0.3 is 0 Å². The van der Waals surface area contributed by atoms with Gasteiger partial charge in [0.25, 0.3) is 0 Å². The number of rotatable bonds is 6. The number of halogens is 1. The molecule has 28 heavy (non-hydrogen) atoms. The second-order valence-electron chi connectivity index (χ2n) is 6.65. The molecule has 0 saturated carbocycles. The van der Waals surface area contributed by atoms with Crippen molar-refractivity contribution in [2.75, 3.05) is 32.8 Å². The van der Waals surface area contributed by atoms with E-state index in [0.717, 1.165) is 23.4 Å². The molecule has 2 aromatic rings. The SMILES string of the molecule is Cc1cccc(OCCC(=O)N2CCN(S(=O)(=O)c3ccc(F)cc3)CC2)c1. The van der Waals surface area contributed by atoms with Gasteiger partial charge in [0.15, 0.2) is 0 Å². The summed E-state index contributed by atoms with van der Waals surface area (Å²) in [6.07, 6.45) is 0.235. The first-order valence-corrected chi connectivity index (χ1v) is 10.5. The standard InChI is InChI=1S/C20H23FN2O4S/c1-16-3-2-4-18(15-16)27-14-9-20(24)22-10-12-23(13-11-22)28(25,26)19-7-5-17(21)6-8-19/h2-8,15H,9-14H2,1H3. The van der Waals surface area contributed by atoms with Crippen LogP contribution in [0.4, 0.5) is 4.39 Å². The molecule has 2 aromatic carbocycles. The van der Waals surface area contributed by atoms with Crippen molar-refractivity contribution in [3.8, 4) is 5.75 Å². The molecule has 1 heterocycles. The summed E-state index contributed by atoms with van der Waals surface area (Å²) in [7, 11) is -3.68. The van der Waals surface area contributed by atoms with E-state index < -0.39 is 15.8 Å². The van der Waals surface area contributed by atoms with Crippen LogP contribution in [-0.2, 0) is 14.8 Å². The zero-order chi connectivity index (χ0) is 20.1. The minimum absolute atomic E-state index is 0.0558. The van der Waals surface area contributed by atoms with Gasteiger partial charge in [-0.3, -0.25) is 4.79 Å². The predicted molar refractivity (Wildman–Crippen MR) is 103 cm³/mol. The highest BCUT2D eigenvalue weighted by Crippen LogP contribution is 2.18. The minimum atomic E-state index is -3.68. The molecule has 0 aliphatic carbocycles. The van der Waals surface area contributed by atoms with Crippen molar-refractivity contribution in [1.29, 1.82) is 0 Å². The van der Waals surface area contributed by atoms with E-state index in [1.807, 2.05) is 31.2 Å². The first kappa shape index (κ1) is 20.3. The normalized spacial score (nSPS) is 15.4. The van der Waals surface area contributed by atoms with Crippen molar-refractivity contribution in [1.82, 2.24) is 9.21 Å². The molecule has 0 atom stereocenters. The summed E-state index contributed by atoms with van der Waals surface area (Å²) in [4.78, 5) is 14.1. The Morgan fingerprint density at radius 1 is 1.07 bits per heavy atom. The van der Waals surface area contributed by atoms with E-state index in [-0.39, 0.29) is 36.9 Å². The Kier molecular flexibility index (Phi) is 6.31. The number of carbonyl (C=O) groups excluding carboxylic acids is 1. The molecule has 150 valence electrons. The Labute approximate surface area is 164 Å². The van der Waals surface area contributed by atoms with Gasteiger partial charge in [0.05, 0.1) is 17.9 Å². The number of ether oxygens (including phenoxy) is 1. The molecule has 0 bridgehead atoms. The minimum Gasteiger partial charge on any atom is -0.493 e. The summed E-state index contributed by atoms with van der Waals surface area (Å²) in [5.74, 6) is 0.178. The number of sulfonamides is 1. The van der Waals surface area contributed by atoms with Gasteiger partial charge in [-0.15, -0.1) is 0 Å². The second kappa shape index (κ2) is 8.70. The third-order valence-corrected chi connectivity index (χ3v) is 6.53. The van der Waals surface area contributed by atoms with Gasteiger partial charge < -0.3 is 9.64 Å². The third kappa shape index (κ3) is 4.88. The first-order valence-electron chi connectivity index (χ1n) is 9.09. The van der Waals surface area contributed by atoms with Crippen LogP contribution in [-0.4, -0.2) is 56.3 Å². The zero-order valence-corrected chi connectivity index (χ0v) is 16.5. The summed E-state index contributed by atoms with van der Waals surface area (Å²) in [6.45, 7) is 3.32. The summed E-state index contributed by atoms with van der Waals surface area (Å²) < 4.78 is 45.2. The molecule has 8 heteroatoms. The van der Waals surface area contributed by atoms with Crippen molar-refractivity contribution in [2.24, 2.45) is 0 Å². The lowest BCUT2D eigenvalue weighted by Gasteiger charge is -2.34. The molecular weight excluding hydrogens is 383 g/mol. The second-order valence-corrected chi connectivity index (χ2v) is 8.59. The van der Waals surface area contributed by atoms with Gasteiger partial charge in [-0.25, -0.2) is 12.8 Å². The third-order valence-electron chi connectivity index (χ3n) is 4.62. The zero-order valence-electron chi connectivity index (χ0n) is 15.7. The molecule has 6 nitrogen and oxygen atoms in total. The van der Waals surface area contributed by atoms with Gasteiger partial charge in [0.1, 0.15) is 11.6 Å². The Morgan fingerprint density at radius 3 is 2.39 bits per heavy atom. The van der Waals surface area contributed by atoms with Crippen molar-refractivity contribution in [2.45, 2.75) is 18.2 Å². The van der Waals surface area contributed by atoms with Crippen molar-refractivity contribution < 1.29 is 22.3 Å². The lowest BCUT2D eigenvalue weighted by molar-refractivity contribution is -0.132. The van der Waals surface area contributed by atoms with Crippen LogP contribution >= 0.6 is 0 Å². The summed E-state index contributed by atoms with van der Waals surface area (Å²) >= 11 is 0. The van der Waals surface area contributed by atoms with Crippen molar-refractivity contribution >= 4 is 15.9 Å². The molecule has 1 saturated heterocycles. The monoisotopic (exact) mass is 406 g/mol. The molecule has 1 aliphatic rings. The fourth-order valence-corrected chi connectivity index (χ4v) is 4.48. The number of piperazine rings is 1. The largest absolute Gasteiger partial charge is 0.493 e. The smallest absolute Gasteiger partial charge is 0.243 e. The van der Waals surface area contributed by atoms with E-state index in [4.69, 9.17) is 4.74 Å². The fraction of sp³-hybridized carbons (Fsp3) is 0.350. The average Bonchev–Trinajstić information content (AvgIpc) is 2.68. The lowest BCUT2D eigenvalue weighted by Crippen LogP contribution is -2.50. The van der Waals surface area contributed by atoms with Crippen LogP contribution in [0.2, 0.25) is 0 Å². The molecule has 3 rings (SSSR count). The van der Waals surface area contributed by atoms with Crippen LogP contribution in [0, 0.1) is 12.7 Å². The highest BCUT2D eigenvalue weighted by atomic mass is 32.2. The van der Waals surface area contributed by atoms with E-state index in [2.05, 4.69) is 0 Å². The van der Waals surface area contributed by atoms with Gasteiger partial charge in [0, 0.05) is 26.2 Å². The van der Waals surface area contributed by atoms with Crippen LogP contribution < -0.4 is 4.74 Å². The van der Waals surface area contributed by atoms with Crippen molar-refractivity contribution in [3.05, 3.63) is 59.9 Å². The van der Waals surface area contributed by atoms with Crippen LogP contribution in [0.5, 0.6) is 5.75 Å². The van der Waals surface area contributed by atoms with Crippen LogP contribution in [0.25, 0.3) is 0 Å². The van der Waals surface area contributed by atoms with Crippen molar-refractivity contribution in [3.63, 3.8) is 0 Å².